The van der Waals surface area contributed by atoms with Gasteiger partial charge in [0.15, 0.2) is 5.17 Å². The Morgan fingerprint density at radius 3 is 2.44 bits per heavy atom. The van der Waals surface area contributed by atoms with Crippen molar-refractivity contribution in [1.29, 1.82) is 0 Å². The van der Waals surface area contributed by atoms with E-state index >= 15 is 0 Å². The molecular weight excluding hydrogens is 376 g/mol. The summed E-state index contributed by atoms with van der Waals surface area (Å²) < 4.78 is 26.6. The van der Waals surface area contributed by atoms with Gasteiger partial charge in [-0.25, -0.2) is 8.78 Å². The average Bonchev–Trinajstić information content (AvgIpc) is 2.93. The van der Waals surface area contributed by atoms with Gasteiger partial charge in [-0.05, 0) is 28.8 Å². The summed E-state index contributed by atoms with van der Waals surface area (Å²) in [6.45, 7) is 0. The molecule has 1 saturated heterocycles. The van der Waals surface area contributed by atoms with Crippen LogP contribution in [0.2, 0.25) is 0 Å². The summed E-state index contributed by atoms with van der Waals surface area (Å²) in [6.07, 6.45) is 1.15. The summed E-state index contributed by atoms with van der Waals surface area (Å²) >= 11 is 1.01. The van der Waals surface area contributed by atoms with Crippen LogP contribution in [0.1, 0.15) is 12.0 Å². The highest BCUT2D eigenvalue weighted by atomic mass is 32.2. The fourth-order valence-electron chi connectivity index (χ4n) is 2.38. The number of nitrogens with one attached hydrogen (secondary N) is 1. The van der Waals surface area contributed by atoms with Crippen molar-refractivity contribution in [2.45, 2.75) is 11.7 Å². The van der Waals surface area contributed by atoms with Crippen molar-refractivity contribution in [3.8, 4) is 11.1 Å². The molecule has 27 heavy (non-hydrogen) atoms. The second-order valence-electron chi connectivity index (χ2n) is 5.62. The van der Waals surface area contributed by atoms with Crippen LogP contribution >= 0.6 is 11.8 Å². The molecule has 2 N–H and O–H groups in total. The molecule has 138 valence electrons. The number of carboxylic acids is 1. The number of thioether (sulfide) groups is 1. The number of rotatable bonds is 5. The van der Waals surface area contributed by atoms with E-state index < -0.39 is 28.8 Å². The number of carbonyl (C=O) groups is 2. The Kier molecular flexibility index (Phi) is 5.60. The van der Waals surface area contributed by atoms with Gasteiger partial charge >= 0.3 is 5.97 Å². The van der Waals surface area contributed by atoms with Gasteiger partial charge in [-0.1, -0.05) is 36.0 Å². The van der Waals surface area contributed by atoms with Crippen molar-refractivity contribution >= 4 is 35.0 Å². The zero-order valence-electron chi connectivity index (χ0n) is 13.7. The van der Waals surface area contributed by atoms with Crippen molar-refractivity contribution in [3.63, 3.8) is 0 Å². The SMILES string of the molecule is O=C(O)CC1SC(=NN=Cc2ccc(-c3cc(F)cc(F)c3)cc2)NC1=O. The second-order valence-corrected chi connectivity index (χ2v) is 6.81. The molecule has 0 aliphatic carbocycles. The van der Waals surface area contributed by atoms with Crippen LogP contribution in [-0.2, 0) is 9.59 Å². The van der Waals surface area contributed by atoms with Crippen LogP contribution in [0.5, 0.6) is 0 Å². The molecule has 1 heterocycles. The highest BCUT2D eigenvalue weighted by Gasteiger charge is 2.32. The van der Waals surface area contributed by atoms with E-state index in [1.807, 2.05) is 0 Å². The number of hydrogen-bond donors (Lipinski definition) is 2. The van der Waals surface area contributed by atoms with E-state index in [0.717, 1.165) is 17.8 Å². The molecule has 2 aromatic carbocycles. The first-order valence-electron chi connectivity index (χ1n) is 7.77. The molecule has 1 fully saturated rings. The Morgan fingerprint density at radius 2 is 1.81 bits per heavy atom. The molecule has 3 rings (SSSR count). The monoisotopic (exact) mass is 389 g/mol. The lowest BCUT2D eigenvalue weighted by molar-refractivity contribution is -0.138. The number of benzene rings is 2. The maximum absolute atomic E-state index is 13.3. The first-order chi connectivity index (χ1) is 12.9. The van der Waals surface area contributed by atoms with E-state index in [2.05, 4.69) is 15.5 Å². The van der Waals surface area contributed by atoms with Gasteiger partial charge in [0.05, 0.1) is 12.6 Å². The fourth-order valence-corrected chi connectivity index (χ4v) is 3.29. The minimum atomic E-state index is -1.06. The van der Waals surface area contributed by atoms with E-state index in [4.69, 9.17) is 5.11 Å². The van der Waals surface area contributed by atoms with Crippen LogP contribution in [-0.4, -0.2) is 33.6 Å². The Hall–Kier alpha value is -3.07. The molecule has 1 atom stereocenters. The Labute approximate surface area is 157 Å². The molecule has 1 aliphatic heterocycles. The molecule has 0 spiro atoms. The van der Waals surface area contributed by atoms with Crippen molar-refractivity contribution < 1.29 is 23.5 Å². The summed E-state index contributed by atoms with van der Waals surface area (Å²) in [7, 11) is 0. The highest BCUT2D eigenvalue weighted by molar-refractivity contribution is 8.15. The van der Waals surface area contributed by atoms with Gasteiger partial charge in [0.2, 0.25) is 5.91 Å². The number of carbonyl (C=O) groups excluding carboxylic acids is 1. The van der Waals surface area contributed by atoms with Crippen LogP contribution in [0.15, 0.2) is 52.7 Å². The Bertz CT molecular complexity index is 925. The quantitative estimate of drug-likeness (QED) is 0.607. The molecule has 0 bridgehead atoms. The van der Waals surface area contributed by atoms with Crippen molar-refractivity contribution in [2.75, 3.05) is 0 Å². The summed E-state index contributed by atoms with van der Waals surface area (Å²) in [5.74, 6) is -2.78. The minimum Gasteiger partial charge on any atom is -0.481 e. The lowest BCUT2D eigenvalue weighted by Gasteiger charge is -2.03. The number of nitrogens with zero attached hydrogens (tertiary/aromatic N) is 2. The molecule has 0 saturated carbocycles. The predicted molar refractivity (Wildman–Crippen MR) is 98.6 cm³/mol. The molecule has 2 aromatic rings. The van der Waals surface area contributed by atoms with E-state index in [-0.39, 0.29) is 11.6 Å². The summed E-state index contributed by atoms with van der Waals surface area (Å²) in [6, 6.07) is 10.1. The topological polar surface area (TPSA) is 91.1 Å². The zero-order valence-corrected chi connectivity index (χ0v) is 14.5. The van der Waals surface area contributed by atoms with Gasteiger partial charge in [0.1, 0.15) is 16.9 Å². The maximum atomic E-state index is 13.3. The molecule has 6 nitrogen and oxygen atoms in total. The number of amides is 1. The van der Waals surface area contributed by atoms with Gasteiger partial charge in [-0.3, -0.25) is 9.59 Å². The standard InChI is InChI=1S/C18H13F2N3O3S/c19-13-5-12(6-14(20)7-13)11-3-1-10(2-4-11)9-21-23-18-22-17(26)15(27-18)8-16(24)25/h1-7,9,15H,8H2,(H,24,25)(H,22,23,26). The average molecular weight is 389 g/mol. The molecule has 0 radical (unpaired) electrons. The zero-order chi connectivity index (χ0) is 19.4. The van der Waals surface area contributed by atoms with E-state index in [1.54, 1.807) is 24.3 Å². The van der Waals surface area contributed by atoms with Crippen LogP contribution in [0.4, 0.5) is 8.78 Å². The summed E-state index contributed by atoms with van der Waals surface area (Å²) in [5.41, 5.74) is 1.76. The molecule has 9 heteroatoms. The van der Waals surface area contributed by atoms with Crippen molar-refractivity contribution in [1.82, 2.24) is 5.32 Å². The molecule has 1 aliphatic rings. The number of hydrogen-bond acceptors (Lipinski definition) is 5. The Balaban J connectivity index is 1.66. The number of amidine groups is 1. The van der Waals surface area contributed by atoms with Gasteiger partial charge in [0.25, 0.3) is 0 Å². The van der Waals surface area contributed by atoms with Crippen molar-refractivity contribution in [2.24, 2.45) is 10.2 Å². The molecular formula is C18H13F2N3O3S. The summed E-state index contributed by atoms with van der Waals surface area (Å²) in [4.78, 5) is 22.3. The summed E-state index contributed by atoms with van der Waals surface area (Å²) in [5, 5.41) is 18.4. The van der Waals surface area contributed by atoms with Crippen LogP contribution in [0.25, 0.3) is 11.1 Å². The first-order valence-corrected chi connectivity index (χ1v) is 8.65. The Morgan fingerprint density at radius 1 is 1.15 bits per heavy atom. The van der Waals surface area contributed by atoms with Gasteiger partial charge in [0, 0.05) is 6.07 Å². The number of halogens is 2. The molecule has 0 aromatic heterocycles. The highest BCUT2D eigenvalue weighted by Crippen LogP contribution is 2.23. The lowest BCUT2D eigenvalue weighted by Crippen LogP contribution is -2.26. The molecule has 1 unspecified atom stereocenters. The smallest absolute Gasteiger partial charge is 0.305 e. The largest absolute Gasteiger partial charge is 0.481 e. The van der Waals surface area contributed by atoms with Gasteiger partial charge in [-0.2, -0.15) is 5.10 Å². The van der Waals surface area contributed by atoms with Crippen molar-refractivity contribution in [3.05, 3.63) is 59.7 Å². The van der Waals surface area contributed by atoms with Gasteiger partial charge in [-0.15, -0.1) is 5.10 Å². The van der Waals surface area contributed by atoms with Crippen LogP contribution in [0, 0.1) is 11.6 Å². The first kappa shape index (κ1) is 18.7. The number of aliphatic carboxylic acids is 1. The van der Waals surface area contributed by atoms with E-state index in [0.29, 0.717) is 16.7 Å². The van der Waals surface area contributed by atoms with E-state index in [1.165, 1.54) is 18.3 Å². The normalized spacial score (nSPS) is 18.2. The third-order valence-electron chi connectivity index (χ3n) is 3.60. The van der Waals surface area contributed by atoms with Crippen LogP contribution < -0.4 is 5.32 Å². The minimum absolute atomic E-state index is 0.231. The second kappa shape index (κ2) is 8.09. The lowest BCUT2D eigenvalue weighted by atomic mass is 10.0. The predicted octanol–water partition coefficient (Wildman–Crippen LogP) is 3.03. The van der Waals surface area contributed by atoms with Gasteiger partial charge < -0.3 is 10.4 Å². The number of carboxylic acid groups (broad SMARTS) is 1. The maximum Gasteiger partial charge on any atom is 0.305 e. The van der Waals surface area contributed by atoms with Crippen LogP contribution in [0.3, 0.4) is 0 Å². The van der Waals surface area contributed by atoms with E-state index in [9.17, 15) is 18.4 Å². The third kappa shape index (κ3) is 4.98. The molecule has 1 amide bonds. The third-order valence-corrected chi connectivity index (χ3v) is 4.67. The fraction of sp³-hybridized carbons (Fsp3) is 0.111.